The SMILES string of the molecule is O=C(O)c1nc(CNC2CCCC2)cs1. The average Bonchev–Trinajstić information content (AvgIpc) is 2.86. The van der Waals surface area contributed by atoms with E-state index < -0.39 is 5.97 Å². The number of aromatic nitrogens is 1. The van der Waals surface area contributed by atoms with Gasteiger partial charge in [-0.05, 0) is 12.8 Å². The number of rotatable bonds is 4. The number of nitrogens with one attached hydrogen (secondary N) is 1. The molecule has 82 valence electrons. The zero-order chi connectivity index (χ0) is 10.7. The first-order chi connectivity index (χ1) is 7.25. The van der Waals surface area contributed by atoms with Gasteiger partial charge < -0.3 is 10.4 Å². The summed E-state index contributed by atoms with van der Waals surface area (Å²) < 4.78 is 0. The molecule has 0 bridgehead atoms. The first-order valence-corrected chi connectivity index (χ1v) is 6.05. The monoisotopic (exact) mass is 226 g/mol. The summed E-state index contributed by atoms with van der Waals surface area (Å²) in [6.45, 7) is 0.689. The van der Waals surface area contributed by atoms with Crippen LogP contribution in [0.3, 0.4) is 0 Å². The van der Waals surface area contributed by atoms with Gasteiger partial charge in [-0.25, -0.2) is 9.78 Å². The van der Waals surface area contributed by atoms with E-state index in [0.29, 0.717) is 12.6 Å². The van der Waals surface area contributed by atoms with Crippen LogP contribution in [0.15, 0.2) is 5.38 Å². The van der Waals surface area contributed by atoms with E-state index in [-0.39, 0.29) is 5.01 Å². The molecular formula is C10H14N2O2S. The summed E-state index contributed by atoms with van der Waals surface area (Å²) in [6, 6.07) is 0.597. The quantitative estimate of drug-likeness (QED) is 0.822. The second-order valence-corrected chi connectivity index (χ2v) is 4.67. The van der Waals surface area contributed by atoms with Crippen LogP contribution in [0.25, 0.3) is 0 Å². The third-order valence-corrected chi connectivity index (χ3v) is 3.54. The van der Waals surface area contributed by atoms with Gasteiger partial charge in [-0.15, -0.1) is 11.3 Å². The fourth-order valence-electron chi connectivity index (χ4n) is 1.87. The van der Waals surface area contributed by atoms with Crippen molar-refractivity contribution in [1.29, 1.82) is 0 Å². The normalized spacial score (nSPS) is 17.1. The standard InChI is InChI=1S/C10H14N2O2S/c13-10(14)9-12-8(6-15-9)5-11-7-3-1-2-4-7/h6-7,11H,1-5H2,(H,13,14). The number of carboxylic acid groups (broad SMARTS) is 1. The van der Waals surface area contributed by atoms with Crippen molar-refractivity contribution in [1.82, 2.24) is 10.3 Å². The molecule has 2 N–H and O–H groups in total. The maximum Gasteiger partial charge on any atom is 0.365 e. The van der Waals surface area contributed by atoms with Gasteiger partial charge in [0.2, 0.25) is 5.01 Å². The van der Waals surface area contributed by atoms with Crippen molar-refractivity contribution in [3.8, 4) is 0 Å². The summed E-state index contributed by atoms with van der Waals surface area (Å²) in [5.41, 5.74) is 0.837. The Balaban J connectivity index is 1.84. The number of aromatic carboxylic acids is 1. The summed E-state index contributed by atoms with van der Waals surface area (Å²) in [6.07, 6.45) is 5.07. The van der Waals surface area contributed by atoms with Gasteiger partial charge in [0.1, 0.15) is 0 Å². The Labute approximate surface area is 92.3 Å². The number of hydrogen-bond acceptors (Lipinski definition) is 4. The van der Waals surface area contributed by atoms with E-state index in [1.54, 1.807) is 0 Å². The van der Waals surface area contributed by atoms with Crippen molar-refractivity contribution >= 4 is 17.3 Å². The van der Waals surface area contributed by atoms with E-state index in [2.05, 4.69) is 10.3 Å². The Morgan fingerprint density at radius 2 is 2.33 bits per heavy atom. The zero-order valence-electron chi connectivity index (χ0n) is 8.40. The van der Waals surface area contributed by atoms with E-state index in [4.69, 9.17) is 5.11 Å². The first-order valence-electron chi connectivity index (χ1n) is 5.17. The molecule has 0 amide bonds. The molecule has 4 nitrogen and oxygen atoms in total. The van der Waals surface area contributed by atoms with Crippen LogP contribution in [-0.4, -0.2) is 22.1 Å². The summed E-state index contributed by atoms with van der Waals surface area (Å²) >= 11 is 1.19. The Hall–Kier alpha value is -0.940. The van der Waals surface area contributed by atoms with Crippen LogP contribution in [0.4, 0.5) is 0 Å². The Bertz CT molecular complexity index is 345. The minimum Gasteiger partial charge on any atom is -0.476 e. The lowest BCUT2D eigenvalue weighted by atomic mass is 10.2. The second-order valence-electron chi connectivity index (χ2n) is 3.81. The molecular weight excluding hydrogens is 212 g/mol. The molecule has 0 aromatic carbocycles. The Morgan fingerprint density at radius 3 is 2.93 bits per heavy atom. The molecule has 1 heterocycles. The molecule has 0 spiro atoms. The predicted molar refractivity (Wildman–Crippen MR) is 58.2 cm³/mol. The molecule has 1 aromatic rings. The van der Waals surface area contributed by atoms with Crippen molar-refractivity contribution in [2.75, 3.05) is 0 Å². The van der Waals surface area contributed by atoms with Crippen molar-refractivity contribution < 1.29 is 9.90 Å². The lowest BCUT2D eigenvalue weighted by molar-refractivity contribution is 0.0696. The minimum absolute atomic E-state index is 0.179. The summed E-state index contributed by atoms with van der Waals surface area (Å²) in [5.74, 6) is -0.938. The number of carbonyl (C=O) groups is 1. The smallest absolute Gasteiger partial charge is 0.365 e. The van der Waals surface area contributed by atoms with E-state index in [1.807, 2.05) is 5.38 Å². The van der Waals surface area contributed by atoms with Crippen LogP contribution in [0.2, 0.25) is 0 Å². The maximum absolute atomic E-state index is 10.6. The van der Waals surface area contributed by atoms with Gasteiger partial charge in [-0.2, -0.15) is 0 Å². The molecule has 1 fully saturated rings. The van der Waals surface area contributed by atoms with Gasteiger partial charge in [0, 0.05) is 18.0 Å². The van der Waals surface area contributed by atoms with Gasteiger partial charge >= 0.3 is 5.97 Å². The highest BCUT2D eigenvalue weighted by atomic mass is 32.1. The van der Waals surface area contributed by atoms with Crippen LogP contribution in [0.5, 0.6) is 0 Å². The summed E-state index contributed by atoms with van der Waals surface area (Å²) in [7, 11) is 0. The predicted octanol–water partition coefficient (Wildman–Crippen LogP) is 1.87. The summed E-state index contributed by atoms with van der Waals surface area (Å²) in [4.78, 5) is 14.6. The molecule has 0 radical (unpaired) electrons. The van der Waals surface area contributed by atoms with Crippen molar-refractivity contribution in [2.24, 2.45) is 0 Å². The maximum atomic E-state index is 10.6. The molecule has 0 saturated heterocycles. The van der Waals surface area contributed by atoms with Crippen molar-refractivity contribution in [2.45, 2.75) is 38.3 Å². The lowest BCUT2D eigenvalue weighted by Gasteiger charge is -2.09. The third-order valence-electron chi connectivity index (χ3n) is 2.66. The molecule has 0 atom stereocenters. The van der Waals surface area contributed by atoms with Gasteiger partial charge in [0.15, 0.2) is 0 Å². The van der Waals surface area contributed by atoms with Crippen molar-refractivity contribution in [3.63, 3.8) is 0 Å². The van der Waals surface area contributed by atoms with E-state index >= 15 is 0 Å². The molecule has 0 aliphatic heterocycles. The molecule has 1 saturated carbocycles. The third kappa shape index (κ3) is 2.76. The number of thiazole rings is 1. The average molecular weight is 226 g/mol. The zero-order valence-corrected chi connectivity index (χ0v) is 9.22. The fraction of sp³-hybridized carbons (Fsp3) is 0.600. The van der Waals surface area contributed by atoms with Gasteiger partial charge in [-0.3, -0.25) is 0 Å². The van der Waals surface area contributed by atoms with E-state index in [9.17, 15) is 4.79 Å². The fourth-order valence-corrected chi connectivity index (χ4v) is 2.52. The van der Waals surface area contributed by atoms with Crippen LogP contribution in [0.1, 0.15) is 41.2 Å². The topological polar surface area (TPSA) is 62.2 Å². The molecule has 15 heavy (non-hydrogen) atoms. The molecule has 5 heteroatoms. The number of nitrogens with zero attached hydrogens (tertiary/aromatic N) is 1. The number of hydrogen-bond donors (Lipinski definition) is 2. The van der Waals surface area contributed by atoms with Crippen LogP contribution in [0, 0.1) is 0 Å². The molecule has 1 aromatic heterocycles. The Kier molecular flexibility index (Phi) is 3.33. The number of carboxylic acids is 1. The first kappa shape index (κ1) is 10.6. The minimum atomic E-state index is -0.938. The van der Waals surface area contributed by atoms with Crippen LogP contribution >= 0.6 is 11.3 Å². The van der Waals surface area contributed by atoms with Crippen LogP contribution in [-0.2, 0) is 6.54 Å². The molecule has 0 unspecified atom stereocenters. The van der Waals surface area contributed by atoms with Crippen molar-refractivity contribution in [3.05, 3.63) is 16.1 Å². The highest BCUT2D eigenvalue weighted by Crippen LogP contribution is 2.18. The van der Waals surface area contributed by atoms with E-state index in [0.717, 1.165) is 5.69 Å². The van der Waals surface area contributed by atoms with Crippen LogP contribution < -0.4 is 5.32 Å². The summed E-state index contributed by atoms with van der Waals surface area (Å²) in [5, 5.41) is 14.1. The van der Waals surface area contributed by atoms with Gasteiger partial charge in [-0.1, -0.05) is 12.8 Å². The lowest BCUT2D eigenvalue weighted by Crippen LogP contribution is -2.25. The molecule has 1 aliphatic carbocycles. The molecule has 2 rings (SSSR count). The van der Waals surface area contributed by atoms with Gasteiger partial charge in [0.05, 0.1) is 5.69 Å². The molecule has 1 aliphatic rings. The van der Waals surface area contributed by atoms with E-state index in [1.165, 1.54) is 37.0 Å². The highest BCUT2D eigenvalue weighted by Gasteiger charge is 2.15. The highest BCUT2D eigenvalue weighted by molar-refractivity contribution is 7.11. The van der Waals surface area contributed by atoms with Gasteiger partial charge in [0.25, 0.3) is 0 Å². The largest absolute Gasteiger partial charge is 0.476 e. The second kappa shape index (κ2) is 4.72. The Morgan fingerprint density at radius 1 is 1.60 bits per heavy atom.